The fourth-order valence-electron chi connectivity index (χ4n) is 1.90. The molecule has 0 saturated heterocycles. The minimum Gasteiger partial charge on any atom is -0.437 e. The Morgan fingerprint density at radius 2 is 1.52 bits per heavy atom. The van der Waals surface area contributed by atoms with Crippen molar-refractivity contribution in [3.63, 3.8) is 0 Å². The third-order valence-corrected chi connectivity index (χ3v) is 3.28. The number of aromatic nitrogens is 2. The molecule has 0 spiro atoms. The molecule has 0 aliphatic carbocycles. The molecule has 5 heteroatoms. The molecule has 1 aromatic heterocycles. The van der Waals surface area contributed by atoms with Crippen molar-refractivity contribution in [2.45, 2.75) is 0 Å². The zero-order valence-corrected chi connectivity index (χ0v) is 11.8. The number of anilines is 1. The lowest BCUT2D eigenvalue weighted by Crippen LogP contribution is -1.97. The lowest BCUT2D eigenvalue weighted by atomic mass is 10.1. The highest BCUT2D eigenvalue weighted by molar-refractivity contribution is 6.32. The average molecular weight is 298 g/mol. The van der Waals surface area contributed by atoms with Crippen LogP contribution in [0, 0.1) is 0 Å². The summed E-state index contributed by atoms with van der Waals surface area (Å²) in [5.41, 5.74) is 8.25. The van der Waals surface area contributed by atoms with E-state index in [0.717, 1.165) is 11.1 Å². The Morgan fingerprint density at radius 3 is 2.24 bits per heavy atom. The van der Waals surface area contributed by atoms with Crippen molar-refractivity contribution < 1.29 is 4.74 Å². The van der Waals surface area contributed by atoms with Crippen molar-refractivity contribution in [3.05, 3.63) is 66.1 Å². The molecular formula is C16H12ClN3O. The SMILES string of the molecule is Nc1c(Cl)ncnc1Oc1ccc(-c2ccccc2)cc1. The smallest absolute Gasteiger partial charge is 0.247 e. The average Bonchev–Trinajstić information content (AvgIpc) is 2.53. The first-order valence-electron chi connectivity index (χ1n) is 6.33. The van der Waals surface area contributed by atoms with E-state index in [1.165, 1.54) is 6.33 Å². The third-order valence-electron chi connectivity index (χ3n) is 2.97. The van der Waals surface area contributed by atoms with Crippen molar-refractivity contribution in [1.29, 1.82) is 0 Å². The molecule has 0 atom stereocenters. The van der Waals surface area contributed by atoms with Gasteiger partial charge in [0.05, 0.1) is 0 Å². The molecule has 0 aliphatic heterocycles. The predicted molar refractivity (Wildman–Crippen MR) is 83.4 cm³/mol. The maximum Gasteiger partial charge on any atom is 0.247 e. The molecule has 0 saturated carbocycles. The first kappa shape index (κ1) is 13.4. The summed E-state index contributed by atoms with van der Waals surface area (Å²) in [6, 6.07) is 17.8. The molecule has 0 amide bonds. The zero-order valence-electron chi connectivity index (χ0n) is 11.0. The molecule has 0 unspecified atom stereocenters. The van der Waals surface area contributed by atoms with Crippen LogP contribution in [0.15, 0.2) is 60.9 Å². The van der Waals surface area contributed by atoms with Gasteiger partial charge in [0.1, 0.15) is 17.8 Å². The maximum atomic E-state index is 5.83. The number of nitrogen functional groups attached to an aromatic ring is 1. The van der Waals surface area contributed by atoms with Crippen LogP contribution in [0.25, 0.3) is 11.1 Å². The third kappa shape index (κ3) is 2.95. The van der Waals surface area contributed by atoms with Crippen LogP contribution < -0.4 is 10.5 Å². The number of halogens is 1. The van der Waals surface area contributed by atoms with E-state index >= 15 is 0 Å². The van der Waals surface area contributed by atoms with E-state index < -0.39 is 0 Å². The van der Waals surface area contributed by atoms with Crippen molar-refractivity contribution in [2.24, 2.45) is 0 Å². The van der Waals surface area contributed by atoms with Crippen molar-refractivity contribution >= 4 is 17.3 Å². The molecule has 2 aromatic carbocycles. The minimum absolute atomic E-state index is 0.181. The molecular weight excluding hydrogens is 286 g/mol. The maximum absolute atomic E-state index is 5.83. The molecule has 3 aromatic rings. The fraction of sp³-hybridized carbons (Fsp3) is 0. The molecule has 4 nitrogen and oxygen atoms in total. The van der Waals surface area contributed by atoms with E-state index in [2.05, 4.69) is 22.1 Å². The Bertz CT molecular complexity index is 745. The van der Waals surface area contributed by atoms with E-state index in [9.17, 15) is 0 Å². The summed E-state index contributed by atoms with van der Waals surface area (Å²) in [6.07, 6.45) is 1.31. The molecule has 3 rings (SSSR count). The Morgan fingerprint density at radius 1 is 0.857 bits per heavy atom. The molecule has 21 heavy (non-hydrogen) atoms. The van der Waals surface area contributed by atoms with Gasteiger partial charge in [-0.1, -0.05) is 54.1 Å². The van der Waals surface area contributed by atoms with Gasteiger partial charge in [0.15, 0.2) is 5.15 Å². The van der Waals surface area contributed by atoms with Gasteiger partial charge < -0.3 is 10.5 Å². The Balaban J connectivity index is 1.83. The zero-order chi connectivity index (χ0) is 14.7. The van der Waals surface area contributed by atoms with Crippen molar-refractivity contribution in [3.8, 4) is 22.8 Å². The van der Waals surface area contributed by atoms with Crippen molar-refractivity contribution in [2.75, 3.05) is 5.73 Å². The van der Waals surface area contributed by atoms with Crippen LogP contribution in [0.2, 0.25) is 5.15 Å². The highest BCUT2D eigenvalue weighted by Crippen LogP contribution is 2.30. The van der Waals surface area contributed by atoms with E-state index in [-0.39, 0.29) is 16.7 Å². The molecule has 2 N–H and O–H groups in total. The summed E-state index contributed by atoms with van der Waals surface area (Å²) >= 11 is 5.83. The van der Waals surface area contributed by atoms with Crippen LogP contribution in [0.1, 0.15) is 0 Å². The van der Waals surface area contributed by atoms with E-state index in [1.807, 2.05) is 42.5 Å². The number of benzene rings is 2. The van der Waals surface area contributed by atoms with Crippen LogP contribution in [-0.2, 0) is 0 Å². The molecule has 0 aliphatic rings. The van der Waals surface area contributed by atoms with Gasteiger partial charge in [-0.2, -0.15) is 4.98 Å². The Labute approximate surface area is 127 Å². The van der Waals surface area contributed by atoms with Crippen LogP contribution in [0.5, 0.6) is 11.6 Å². The van der Waals surface area contributed by atoms with Crippen LogP contribution in [0.3, 0.4) is 0 Å². The number of nitrogens with two attached hydrogens (primary N) is 1. The predicted octanol–water partition coefficient (Wildman–Crippen LogP) is 4.17. The summed E-state index contributed by atoms with van der Waals surface area (Å²) in [6.45, 7) is 0. The summed E-state index contributed by atoms with van der Waals surface area (Å²) in [5, 5.41) is 0.181. The number of nitrogens with zero attached hydrogens (tertiary/aromatic N) is 2. The van der Waals surface area contributed by atoms with Gasteiger partial charge in [0, 0.05) is 0 Å². The molecule has 0 bridgehead atoms. The van der Waals surface area contributed by atoms with Gasteiger partial charge in [0.2, 0.25) is 5.88 Å². The van der Waals surface area contributed by atoms with Crippen LogP contribution >= 0.6 is 11.6 Å². The quantitative estimate of drug-likeness (QED) is 0.737. The number of rotatable bonds is 3. The summed E-state index contributed by atoms with van der Waals surface area (Å²) in [7, 11) is 0. The van der Waals surface area contributed by atoms with E-state index in [4.69, 9.17) is 22.1 Å². The summed E-state index contributed by atoms with van der Waals surface area (Å²) < 4.78 is 5.62. The second-order valence-electron chi connectivity index (χ2n) is 4.38. The minimum atomic E-state index is 0.181. The highest BCUT2D eigenvalue weighted by atomic mass is 35.5. The monoisotopic (exact) mass is 297 g/mol. The topological polar surface area (TPSA) is 61.0 Å². The number of hydrogen-bond acceptors (Lipinski definition) is 4. The van der Waals surface area contributed by atoms with E-state index in [1.54, 1.807) is 0 Å². The largest absolute Gasteiger partial charge is 0.437 e. The lowest BCUT2D eigenvalue weighted by molar-refractivity contribution is 0.464. The van der Waals surface area contributed by atoms with Crippen molar-refractivity contribution in [1.82, 2.24) is 9.97 Å². The van der Waals surface area contributed by atoms with Gasteiger partial charge >= 0.3 is 0 Å². The highest BCUT2D eigenvalue weighted by Gasteiger charge is 2.08. The van der Waals surface area contributed by atoms with Gasteiger partial charge in [0.25, 0.3) is 0 Å². The molecule has 1 heterocycles. The van der Waals surface area contributed by atoms with E-state index in [0.29, 0.717) is 5.75 Å². The normalized spacial score (nSPS) is 10.3. The van der Waals surface area contributed by atoms with Gasteiger partial charge in [-0.05, 0) is 23.3 Å². The van der Waals surface area contributed by atoms with Crippen LogP contribution in [-0.4, -0.2) is 9.97 Å². The summed E-state index contributed by atoms with van der Waals surface area (Å²) in [5.74, 6) is 0.888. The lowest BCUT2D eigenvalue weighted by Gasteiger charge is -2.08. The second kappa shape index (κ2) is 5.81. The molecule has 0 radical (unpaired) electrons. The first-order valence-corrected chi connectivity index (χ1v) is 6.71. The standard InChI is InChI=1S/C16H12ClN3O/c17-15-14(18)16(20-10-19-15)21-13-8-6-12(7-9-13)11-4-2-1-3-5-11/h1-10H,18H2. The fourth-order valence-corrected chi connectivity index (χ4v) is 2.02. The molecule has 0 fully saturated rings. The number of hydrogen-bond donors (Lipinski definition) is 1. The van der Waals surface area contributed by atoms with Gasteiger partial charge in [-0.15, -0.1) is 0 Å². The van der Waals surface area contributed by atoms with Gasteiger partial charge in [-0.3, -0.25) is 0 Å². The van der Waals surface area contributed by atoms with Crippen LogP contribution in [0.4, 0.5) is 5.69 Å². The first-order chi connectivity index (χ1) is 10.2. The van der Waals surface area contributed by atoms with Gasteiger partial charge in [-0.25, -0.2) is 4.98 Å². The Kier molecular flexibility index (Phi) is 3.71. The molecule has 104 valence electrons. The Hall–Kier alpha value is -2.59. The number of ether oxygens (including phenoxy) is 1. The summed E-state index contributed by atoms with van der Waals surface area (Å²) in [4.78, 5) is 7.76. The second-order valence-corrected chi connectivity index (χ2v) is 4.73.